The highest BCUT2D eigenvalue weighted by Gasteiger charge is 2.28. The summed E-state index contributed by atoms with van der Waals surface area (Å²) >= 11 is 0. The highest BCUT2D eigenvalue weighted by Crippen LogP contribution is 2.23. The van der Waals surface area contributed by atoms with Gasteiger partial charge in [-0.2, -0.15) is 0 Å². The second-order valence-corrected chi connectivity index (χ2v) is 6.08. The van der Waals surface area contributed by atoms with Crippen LogP contribution in [-0.4, -0.2) is 49.8 Å². The van der Waals surface area contributed by atoms with Gasteiger partial charge in [-0.1, -0.05) is 6.92 Å². The fourth-order valence-corrected chi connectivity index (χ4v) is 3.00. The van der Waals surface area contributed by atoms with Crippen molar-refractivity contribution in [3.63, 3.8) is 0 Å². The van der Waals surface area contributed by atoms with E-state index in [4.69, 9.17) is 4.74 Å². The maximum Gasteiger partial charge on any atom is 0.0604 e. The monoisotopic (exact) mass is 254 g/mol. The first kappa shape index (κ1) is 14.3. The Morgan fingerprint density at radius 3 is 2.61 bits per heavy atom. The van der Waals surface area contributed by atoms with E-state index in [2.05, 4.69) is 24.1 Å². The van der Waals surface area contributed by atoms with Crippen LogP contribution >= 0.6 is 0 Å². The molecule has 3 nitrogen and oxygen atoms in total. The minimum Gasteiger partial charge on any atom is -0.378 e. The van der Waals surface area contributed by atoms with Gasteiger partial charge in [-0.15, -0.1) is 0 Å². The highest BCUT2D eigenvalue weighted by molar-refractivity contribution is 4.85. The molecule has 106 valence electrons. The lowest BCUT2D eigenvalue weighted by atomic mass is 9.89. The first-order valence-electron chi connectivity index (χ1n) is 7.85. The van der Waals surface area contributed by atoms with Gasteiger partial charge in [0.1, 0.15) is 0 Å². The van der Waals surface area contributed by atoms with Crippen LogP contribution in [0.25, 0.3) is 0 Å². The molecule has 0 atom stereocenters. The van der Waals surface area contributed by atoms with E-state index in [0.717, 1.165) is 18.6 Å². The fourth-order valence-electron chi connectivity index (χ4n) is 3.00. The van der Waals surface area contributed by atoms with Crippen molar-refractivity contribution in [1.29, 1.82) is 0 Å². The van der Waals surface area contributed by atoms with Crippen molar-refractivity contribution in [3.8, 4) is 0 Å². The topological polar surface area (TPSA) is 24.5 Å². The van der Waals surface area contributed by atoms with E-state index in [-0.39, 0.29) is 0 Å². The second kappa shape index (κ2) is 7.46. The summed E-state index contributed by atoms with van der Waals surface area (Å²) < 4.78 is 5.57. The van der Waals surface area contributed by atoms with Gasteiger partial charge in [0.15, 0.2) is 0 Å². The zero-order valence-corrected chi connectivity index (χ0v) is 12.2. The smallest absolute Gasteiger partial charge is 0.0604 e. The first-order valence-corrected chi connectivity index (χ1v) is 7.85. The van der Waals surface area contributed by atoms with E-state index in [1.165, 1.54) is 58.3 Å². The van der Waals surface area contributed by atoms with Crippen molar-refractivity contribution >= 4 is 0 Å². The number of likely N-dealkylation sites (tertiary alicyclic amines) is 1. The van der Waals surface area contributed by atoms with Crippen molar-refractivity contribution < 1.29 is 4.74 Å². The molecule has 0 amide bonds. The van der Waals surface area contributed by atoms with Crippen LogP contribution in [0.5, 0.6) is 0 Å². The van der Waals surface area contributed by atoms with Gasteiger partial charge >= 0.3 is 0 Å². The van der Waals surface area contributed by atoms with Gasteiger partial charge in [-0.3, -0.25) is 0 Å². The van der Waals surface area contributed by atoms with E-state index in [9.17, 15) is 0 Å². The number of ether oxygens (including phenoxy) is 1. The quantitative estimate of drug-likeness (QED) is 0.705. The van der Waals surface area contributed by atoms with Gasteiger partial charge in [0.25, 0.3) is 0 Å². The van der Waals surface area contributed by atoms with Crippen LogP contribution in [0.3, 0.4) is 0 Å². The molecule has 0 unspecified atom stereocenters. The van der Waals surface area contributed by atoms with Crippen LogP contribution in [-0.2, 0) is 4.74 Å². The highest BCUT2D eigenvalue weighted by atomic mass is 16.5. The van der Waals surface area contributed by atoms with Crippen molar-refractivity contribution in [2.75, 3.05) is 32.8 Å². The number of nitrogens with one attached hydrogen (secondary N) is 1. The van der Waals surface area contributed by atoms with Crippen LogP contribution in [0.2, 0.25) is 0 Å². The molecule has 2 fully saturated rings. The molecule has 1 aliphatic heterocycles. The number of rotatable bonds is 7. The third-order valence-electron chi connectivity index (χ3n) is 4.46. The van der Waals surface area contributed by atoms with Crippen LogP contribution in [0.4, 0.5) is 0 Å². The van der Waals surface area contributed by atoms with Crippen molar-refractivity contribution in [2.24, 2.45) is 5.92 Å². The largest absolute Gasteiger partial charge is 0.378 e. The van der Waals surface area contributed by atoms with Gasteiger partial charge in [0.2, 0.25) is 0 Å². The third kappa shape index (κ3) is 4.52. The first-order chi connectivity index (χ1) is 8.78. The van der Waals surface area contributed by atoms with E-state index in [1.54, 1.807) is 0 Å². The molecule has 0 spiro atoms. The average Bonchev–Trinajstić information content (AvgIpc) is 2.33. The zero-order chi connectivity index (χ0) is 12.8. The summed E-state index contributed by atoms with van der Waals surface area (Å²) in [5, 5.41) is 3.65. The Bertz CT molecular complexity index is 221. The van der Waals surface area contributed by atoms with Crippen LogP contribution < -0.4 is 5.32 Å². The number of hydrogen-bond donors (Lipinski definition) is 1. The Labute approximate surface area is 112 Å². The minimum absolute atomic E-state index is 0.538. The third-order valence-corrected chi connectivity index (χ3v) is 4.46. The Morgan fingerprint density at radius 1 is 1.22 bits per heavy atom. The van der Waals surface area contributed by atoms with E-state index < -0.39 is 0 Å². The molecule has 0 aromatic carbocycles. The van der Waals surface area contributed by atoms with E-state index in [0.29, 0.717) is 6.10 Å². The number of hydrogen-bond acceptors (Lipinski definition) is 3. The summed E-state index contributed by atoms with van der Waals surface area (Å²) in [6.07, 6.45) is 7.06. The summed E-state index contributed by atoms with van der Waals surface area (Å²) in [4.78, 5) is 2.63. The number of nitrogens with zero attached hydrogens (tertiary/aromatic N) is 1. The summed E-state index contributed by atoms with van der Waals surface area (Å²) in [5.74, 6) is 0.949. The van der Waals surface area contributed by atoms with E-state index >= 15 is 0 Å². The van der Waals surface area contributed by atoms with Crippen LogP contribution in [0.15, 0.2) is 0 Å². The van der Waals surface area contributed by atoms with E-state index in [1.807, 2.05) is 0 Å². The van der Waals surface area contributed by atoms with Gasteiger partial charge < -0.3 is 15.0 Å². The lowest BCUT2D eigenvalue weighted by Crippen LogP contribution is -2.46. The molecule has 0 bridgehead atoms. The van der Waals surface area contributed by atoms with Gasteiger partial charge in [-0.05, 0) is 71.1 Å². The molecular weight excluding hydrogens is 224 g/mol. The Hall–Kier alpha value is -0.120. The normalized spacial score (nSPS) is 30.3. The summed E-state index contributed by atoms with van der Waals surface area (Å²) in [6.45, 7) is 10.4. The Kier molecular flexibility index (Phi) is 5.93. The molecule has 1 aliphatic carbocycles. The molecule has 18 heavy (non-hydrogen) atoms. The maximum absolute atomic E-state index is 5.57. The Balaban J connectivity index is 1.43. The molecular formula is C15H30N2O. The Morgan fingerprint density at radius 2 is 1.94 bits per heavy atom. The predicted octanol–water partition coefficient (Wildman–Crippen LogP) is 2.27. The molecule has 0 radical (unpaired) electrons. The molecule has 1 saturated carbocycles. The summed E-state index contributed by atoms with van der Waals surface area (Å²) in [6, 6.07) is 0.725. The molecule has 0 aromatic heterocycles. The molecule has 1 N–H and O–H groups in total. The summed E-state index contributed by atoms with van der Waals surface area (Å²) in [5.41, 5.74) is 0. The SMILES string of the molecule is CCOC1CC(NCCCN2CCC(C)CC2)C1. The van der Waals surface area contributed by atoms with Crippen molar-refractivity contribution in [2.45, 2.75) is 58.1 Å². The van der Waals surface area contributed by atoms with Crippen LogP contribution in [0.1, 0.15) is 46.0 Å². The molecule has 2 rings (SSSR count). The molecule has 1 saturated heterocycles. The van der Waals surface area contributed by atoms with Gasteiger partial charge in [0.05, 0.1) is 6.10 Å². The lowest BCUT2D eigenvalue weighted by molar-refractivity contribution is -0.00988. The summed E-state index contributed by atoms with van der Waals surface area (Å²) in [7, 11) is 0. The molecule has 1 heterocycles. The van der Waals surface area contributed by atoms with Crippen LogP contribution in [0, 0.1) is 5.92 Å². The zero-order valence-electron chi connectivity index (χ0n) is 12.2. The van der Waals surface area contributed by atoms with Crippen molar-refractivity contribution in [1.82, 2.24) is 10.2 Å². The van der Waals surface area contributed by atoms with Crippen molar-refractivity contribution in [3.05, 3.63) is 0 Å². The number of piperidine rings is 1. The second-order valence-electron chi connectivity index (χ2n) is 6.08. The maximum atomic E-state index is 5.57. The molecule has 0 aromatic rings. The minimum atomic E-state index is 0.538. The average molecular weight is 254 g/mol. The predicted molar refractivity (Wildman–Crippen MR) is 75.9 cm³/mol. The molecule has 3 heteroatoms. The fraction of sp³-hybridized carbons (Fsp3) is 1.00. The lowest BCUT2D eigenvalue weighted by Gasteiger charge is -2.36. The van der Waals surface area contributed by atoms with Gasteiger partial charge in [0, 0.05) is 12.6 Å². The molecule has 2 aliphatic rings. The van der Waals surface area contributed by atoms with Gasteiger partial charge in [-0.25, -0.2) is 0 Å². The standard InChI is InChI=1S/C15H30N2O/c1-3-18-15-11-14(12-15)16-7-4-8-17-9-5-13(2)6-10-17/h13-16H,3-12H2,1-2H3.